The Morgan fingerprint density at radius 2 is 1.68 bits per heavy atom. The second kappa shape index (κ2) is 9.87. The molecule has 0 aliphatic carbocycles. The van der Waals surface area contributed by atoms with Crippen LogP contribution in [0.3, 0.4) is 0 Å². The van der Waals surface area contributed by atoms with E-state index in [1.807, 2.05) is 36.4 Å². The molecular formula is C26H25FN2O4S. The molecule has 3 aromatic rings. The number of rotatable bonds is 8. The number of amides is 1. The van der Waals surface area contributed by atoms with Crippen LogP contribution in [-0.4, -0.2) is 37.0 Å². The number of halogens is 1. The van der Waals surface area contributed by atoms with Crippen LogP contribution in [-0.2, 0) is 21.2 Å². The molecular weight excluding hydrogens is 455 g/mol. The summed E-state index contributed by atoms with van der Waals surface area (Å²) < 4.78 is 40.5. The zero-order chi connectivity index (χ0) is 24.3. The minimum atomic E-state index is -3.87. The van der Waals surface area contributed by atoms with Crippen LogP contribution < -0.4 is 5.73 Å². The lowest BCUT2D eigenvalue weighted by atomic mass is 9.98. The van der Waals surface area contributed by atoms with Gasteiger partial charge in [0.1, 0.15) is 5.82 Å². The van der Waals surface area contributed by atoms with Crippen molar-refractivity contribution in [2.45, 2.75) is 36.6 Å². The molecule has 3 aromatic carbocycles. The first kappa shape index (κ1) is 23.8. The average molecular weight is 481 g/mol. The standard InChI is InChI=1S/C26H25FN2O4S/c27-22-11-13-23(14-12-22)34(32,33)29-16-2-5-24(29)25(30)15-6-18-3-1-4-21(17-18)19-7-9-20(10-8-19)26(28)31/h1,3-4,7-14,17,24H,2,5-6,15-16H2,(H2,28,31)/t24-/m0/s1. The van der Waals surface area contributed by atoms with E-state index in [4.69, 9.17) is 5.73 Å². The fourth-order valence-electron chi connectivity index (χ4n) is 4.26. The van der Waals surface area contributed by atoms with Gasteiger partial charge in [0.2, 0.25) is 15.9 Å². The molecule has 1 heterocycles. The summed E-state index contributed by atoms with van der Waals surface area (Å²) in [6.45, 7) is 0.271. The van der Waals surface area contributed by atoms with Gasteiger partial charge in [0.15, 0.2) is 5.78 Å². The van der Waals surface area contributed by atoms with Crippen LogP contribution >= 0.6 is 0 Å². The molecule has 1 aliphatic rings. The Bertz CT molecular complexity index is 1310. The van der Waals surface area contributed by atoms with Gasteiger partial charge in [-0.3, -0.25) is 9.59 Å². The quantitative estimate of drug-likeness (QED) is 0.528. The second-order valence-electron chi connectivity index (χ2n) is 8.34. The maximum atomic E-state index is 13.2. The van der Waals surface area contributed by atoms with Crippen molar-refractivity contribution in [3.63, 3.8) is 0 Å². The number of benzene rings is 3. The minimum absolute atomic E-state index is 0.0105. The van der Waals surface area contributed by atoms with E-state index in [1.54, 1.807) is 12.1 Å². The number of ketones is 1. The van der Waals surface area contributed by atoms with Crippen molar-refractivity contribution in [3.8, 4) is 11.1 Å². The molecule has 0 bridgehead atoms. The van der Waals surface area contributed by atoms with Gasteiger partial charge in [-0.1, -0.05) is 36.4 Å². The van der Waals surface area contributed by atoms with Crippen molar-refractivity contribution in [3.05, 3.63) is 89.7 Å². The lowest BCUT2D eigenvalue weighted by molar-refractivity contribution is -0.122. The van der Waals surface area contributed by atoms with Crippen LogP contribution in [0.25, 0.3) is 11.1 Å². The van der Waals surface area contributed by atoms with Crippen LogP contribution in [0.2, 0.25) is 0 Å². The summed E-state index contributed by atoms with van der Waals surface area (Å²) in [6.07, 6.45) is 1.77. The van der Waals surface area contributed by atoms with E-state index < -0.39 is 27.8 Å². The lowest BCUT2D eigenvalue weighted by Crippen LogP contribution is -2.40. The Morgan fingerprint density at radius 1 is 0.971 bits per heavy atom. The van der Waals surface area contributed by atoms with Gasteiger partial charge in [-0.05, 0) is 72.4 Å². The molecule has 34 heavy (non-hydrogen) atoms. The number of nitrogens with zero attached hydrogens (tertiary/aromatic N) is 1. The second-order valence-corrected chi connectivity index (χ2v) is 10.2. The first-order valence-corrected chi connectivity index (χ1v) is 12.5. The first-order chi connectivity index (χ1) is 16.3. The molecule has 0 unspecified atom stereocenters. The molecule has 4 rings (SSSR count). The number of primary amides is 1. The van der Waals surface area contributed by atoms with E-state index in [-0.39, 0.29) is 23.6 Å². The Labute approximate surface area is 198 Å². The van der Waals surface area contributed by atoms with Gasteiger partial charge in [-0.25, -0.2) is 12.8 Å². The zero-order valence-corrected chi connectivity index (χ0v) is 19.3. The smallest absolute Gasteiger partial charge is 0.248 e. The molecule has 0 saturated carbocycles. The Balaban J connectivity index is 1.44. The van der Waals surface area contributed by atoms with Gasteiger partial charge in [0.05, 0.1) is 10.9 Å². The predicted molar refractivity (Wildman–Crippen MR) is 127 cm³/mol. The summed E-state index contributed by atoms with van der Waals surface area (Å²) in [5, 5.41) is 0. The number of nitrogens with two attached hydrogens (primary N) is 1. The summed E-state index contributed by atoms with van der Waals surface area (Å²) in [7, 11) is -3.87. The number of aryl methyl sites for hydroxylation is 1. The minimum Gasteiger partial charge on any atom is -0.366 e. The third kappa shape index (κ3) is 5.08. The molecule has 0 aromatic heterocycles. The summed E-state index contributed by atoms with van der Waals surface area (Å²) in [5.74, 6) is -1.13. The molecule has 2 N–H and O–H groups in total. The molecule has 176 valence electrons. The van der Waals surface area contributed by atoms with Crippen LogP contribution in [0.5, 0.6) is 0 Å². The Morgan fingerprint density at radius 3 is 2.35 bits per heavy atom. The summed E-state index contributed by atoms with van der Waals surface area (Å²) in [5.41, 5.74) is 8.55. The lowest BCUT2D eigenvalue weighted by Gasteiger charge is -2.23. The molecule has 6 nitrogen and oxygen atoms in total. The number of Topliss-reactive ketones (excluding diaryl/α,β-unsaturated/α-hetero) is 1. The largest absolute Gasteiger partial charge is 0.366 e. The summed E-state index contributed by atoms with van der Waals surface area (Å²) >= 11 is 0. The monoisotopic (exact) mass is 480 g/mol. The van der Waals surface area contributed by atoms with Crippen molar-refractivity contribution < 1.29 is 22.4 Å². The van der Waals surface area contributed by atoms with Crippen LogP contribution in [0.4, 0.5) is 4.39 Å². The Hall–Kier alpha value is -3.36. The highest BCUT2D eigenvalue weighted by atomic mass is 32.2. The summed E-state index contributed by atoms with van der Waals surface area (Å²) in [4.78, 5) is 24.3. The van der Waals surface area contributed by atoms with E-state index >= 15 is 0 Å². The molecule has 1 atom stereocenters. The van der Waals surface area contributed by atoms with Crippen LogP contribution in [0.1, 0.15) is 35.2 Å². The first-order valence-electron chi connectivity index (χ1n) is 11.0. The maximum Gasteiger partial charge on any atom is 0.248 e. The zero-order valence-electron chi connectivity index (χ0n) is 18.5. The molecule has 1 fully saturated rings. The van der Waals surface area contributed by atoms with Gasteiger partial charge in [-0.2, -0.15) is 4.31 Å². The van der Waals surface area contributed by atoms with Crippen molar-refractivity contribution >= 4 is 21.7 Å². The number of hydrogen-bond acceptors (Lipinski definition) is 4. The Kier molecular flexibility index (Phi) is 6.90. The number of hydrogen-bond donors (Lipinski definition) is 1. The summed E-state index contributed by atoms with van der Waals surface area (Å²) in [6, 6.07) is 18.7. The molecule has 1 saturated heterocycles. The van der Waals surface area contributed by atoms with Gasteiger partial charge < -0.3 is 5.73 Å². The van der Waals surface area contributed by atoms with Crippen LogP contribution in [0, 0.1) is 5.82 Å². The van der Waals surface area contributed by atoms with Crippen molar-refractivity contribution in [1.29, 1.82) is 0 Å². The van der Waals surface area contributed by atoms with E-state index in [2.05, 4.69) is 0 Å². The molecule has 0 radical (unpaired) electrons. The number of sulfonamides is 1. The molecule has 8 heteroatoms. The predicted octanol–water partition coefficient (Wildman–Crippen LogP) is 3.95. The van der Waals surface area contributed by atoms with E-state index in [9.17, 15) is 22.4 Å². The van der Waals surface area contributed by atoms with Gasteiger partial charge in [0.25, 0.3) is 0 Å². The SMILES string of the molecule is NC(=O)c1ccc(-c2cccc(CCC(=O)[C@@H]3CCCN3S(=O)(=O)c3ccc(F)cc3)c2)cc1. The molecule has 0 spiro atoms. The normalized spacial score (nSPS) is 16.4. The van der Waals surface area contributed by atoms with E-state index in [1.165, 1.54) is 16.4 Å². The molecule has 1 aliphatic heterocycles. The fourth-order valence-corrected chi connectivity index (χ4v) is 5.94. The van der Waals surface area contributed by atoms with Crippen molar-refractivity contribution in [1.82, 2.24) is 4.31 Å². The van der Waals surface area contributed by atoms with E-state index in [0.717, 1.165) is 28.8 Å². The third-order valence-electron chi connectivity index (χ3n) is 6.09. The third-order valence-corrected chi connectivity index (χ3v) is 8.01. The van der Waals surface area contributed by atoms with Crippen molar-refractivity contribution in [2.75, 3.05) is 6.54 Å². The molecule has 1 amide bonds. The number of carbonyl (C=O) groups excluding carboxylic acids is 2. The van der Waals surface area contributed by atoms with Gasteiger partial charge >= 0.3 is 0 Å². The van der Waals surface area contributed by atoms with Crippen LogP contribution in [0.15, 0.2) is 77.7 Å². The maximum absolute atomic E-state index is 13.2. The highest BCUT2D eigenvalue weighted by molar-refractivity contribution is 7.89. The number of carbonyl (C=O) groups is 2. The van der Waals surface area contributed by atoms with Crippen molar-refractivity contribution in [2.24, 2.45) is 5.73 Å². The van der Waals surface area contributed by atoms with E-state index in [0.29, 0.717) is 24.8 Å². The highest BCUT2D eigenvalue weighted by Crippen LogP contribution is 2.28. The van der Waals surface area contributed by atoms with Gasteiger partial charge in [0, 0.05) is 18.5 Å². The topological polar surface area (TPSA) is 97.5 Å². The fraction of sp³-hybridized carbons (Fsp3) is 0.231. The average Bonchev–Trinajstić information content (AvgIpc) is 3.34. The van der Waals surface area contributed by atoms with Gasteiger partial charge in [-0.15, -0.1) is 0 Å². The highest BCUT2D eigenvalue weighted by Gasteiger charge is 2.38.